The number of unbranched alkanes of at least 4 members (excludes halogenated alkanes) is 1. The maximum Gasteiger partial charge on any atom is 0.0731 e. The number of rotatable bonds is 4. The number of thiophene rings is 1. The molecule has 0 spiro atoms. The van der Waals surface area contributed by atoms with Crippen molar-refractivity contribution >= 4 is 27.3 Å². The second-order valence-corrected chi connectivity index (χ2v) is 5.76. The summed E-state index contributed by atoms with van der Waals surface area (Å²) in [6.07, 6.45) is 3.54. The molecular weight excluding hydrogens is 246 g/mol. The molecule has 3 heteroatoms. The lowest BCUT2D eigenvalue weighted by Crippen LogP contribution is -2.07. The highest BCUT2D eigenvalue weighted by Gasteiger charge is 2.09. The van der Waals surface area contributed by atoms with Gasteiger partial charge in [0.15, 0.2) is 0 Å². The first-order valence-corrected chi connectivity index (χ1v) is 6.27. The smallest absolute Gasteiger partial charge is 0.0731 e. The third kappa shape index (κ3) is 3.08. The fraction of sp³-hybridized carbons (Fsp3) is 0.600. The van der Waals surface area contributed by atoms with Gasteiger partial charge in [-0.15, -0.1) is 11.3 Å². The van der Waals surface area contributed by atoms with E-state index in [1.54, 1.807) is 11.3 Å². The Morgan fingerprint density at radius 3 is 2.77 bits per heavy atom. The summed E-state index contributed by atoms with van der Waals surface area (Å²) in [4.78, 5) is 1.30. The zero-order valence-electron chi connectivity index (χ0n) is 8.14. The Hall–Kier alpha value is 0.140. The summed E-state index contributed by atoms with van der Waals surface area (Å²) in [5.74, 6) is 0. The van der Waals surface area contributed by atoms with Gasteiger partial charge in [-0.2, -0.15) is 0 Å². The first-order chi connectivity index (χ1) is 6.15. The average Bonchev–Trinajstić information content (AvgIpc) is 2.43. The van der Waals surface area contributed by atoms with Gasteiger partial charge in [0.1, 0.15) is 0 Å². The molecule has 0 aliphatic carbocycles. The van der Waals surface area contributed by atoms with Crippen LogP contribution >= 0.6 is 27.3 Å². The van der Waals surface area contributed by atoms with E-state index in [2.05, 4.69) is 35.8 Å². The SMILES string of the molecule is CCCC[C@H](N)c1cc(C)c(Br)s1. The van der Waals surface area contributed by atoms with Crippen molar-refractivity contribution < 1.29 is 0 Å². The molecule has 2 N–H and O–H groups in total. The van der Waals surface area contributed by atoms with Gasteiger partial charge in [-0.3, -0.25) is 0 Å². The van der Waals surface area contributed by atoms with Crippen molar-refractivity contribution in [3.8, 4) is 0 Å². The molecule has 1 atom stereocenters. The molecule has 0 bridgehead atoms. The maximum atomic E-state index is 6.05. The lowest BCUT2D eigenvalue weighted by molar-refractivity contribution is 0.611. The van der Waals surface area contributed by atoms with E-state index in [9.17, 15) is 0 Å². The molecule has 1 aromatic heterocycles. The van der Waals surface area contributed by atoms with Crippen molar-refractivity contribution in [1.82, 2.24) is 0 Å². The van der Waals surface area contributed by atoms with Crippen LogP contribution in [0.1, 0.15) is 42.7 Å². The highest BCUT2D eigenvalue weighted by Crippen LogP contribution is 2.32. The summed E-state index contributed by atoms with van der Waals surface area (Å²) in [6, 6.07) is 2.42. The quantitative estimate of drug-likeness (QED) is 0.871. The van der Waals surface area contributed by atoms with Crippen LogP contribution in [0.4, 0.5) is 0 Å². The minimum absolute atomic E-state index is 0.231. The van der Waals surface area contributed by atoms with E-state index in [4.69, 9.17) is 5.73 Å². The highest BCUT2D eigenvalue weighted by molar-refractivity contribution is 9.11. The van der Waals surface area contributed by atoms with Crippen LogP contribution in [0.3, 0.4) is 0 Å². The topological polar surface area (TPSA) is 26.0 Å². The summed E-state index contributed by atoms with van der Waals surface area (Å²) in [5, 5.41) is 0. The first-order valence-electron chi connectivity index (χ1n) is 4.66. The number of aryl methyl sites for hydroxylation is 1. The number of hydrogen-bond acceptors (Lipinski definition) is 2. The predicted octanol–water partition coefficient (Wildman–Crippen LogP) is 4.01. The van der Waals surface area contributed by atoms with Crippen molar-refractivity contribution in [2.75, 3.05) is 0 Å². The molecule has 13 heavy (non-hydrogen) atoms. The van der Waals surface area contributed by atoms with Crippen LogP contribution in [0.25, 0.3) is 0 Å². The van der Waals surface area contributed by atoms with Gasteiger partial charge in [0.05, 0.1) is 3.79 Å². The summed E-state index contributed by atoms with van der Waals surface area (Å²) >= 11 is 5.28. The van der Waals surface area contributed by atoms with Crippen molar-refractivity contribution in [2.45, 2.75) is 39.2 Å². The number of nitrogens with two attached hydrogens (primary N) is 1. The summed E-state index contributed by atoms with van der Waals surface area (Å²) < 4.78 is 1.22. The zero-order chi connectivity index (χ0) is 9.84. The lowest BCUT2D eigenvalue weighted by atomic mass is 10.1. The Morgan fingerprint density at radius 2 is 2.31 bits per heavy atom. The fourth-order valence-corrected chi connectivity index (χ4v) is 2.84. The Balaban J connectivity index is 2.60. The van der Waals surface area contributed by atoms with Crippen LogP contribution in [0, 0.1) is 6.92 Å². The lowest BCUT2D eigenvalue weighted by Gasteiger charge is -2.07. The molecule has 0 aliphatic heterocycles. The molecule has 1 nitrogen and oxygen atoms in total. The third-order valence-corrected chi connectivity index (χ3v) is 4.38. The molecule has 0 fully saturated rings. The summed E-state index contributed by atoms with van der Waals surface area (Å²) in [6.45, 7) is 4.30. The molecule has 0 unspecified atom stereocenters. The molecule has 74 valence electrons. The third-order valence-electron chi connectivity index (χ3n) is 2.11. The summed E-state index contributed by atoms with van der Waals surface area (Å²) in [5.41, 5.74) is 7.35. The molecule has 0 saturated heterocycles. The molecule has 0 radical (unpaired) electrons. The van der Waals surface area contributed by atoms with Crippen LogP contribution in [0.15, 0.2) is 9.85 Å². The Bertz CT molecular complexity index is 250. The largest absolute Gasteiger partial charge is 0.323 e. The van der Waals surface area contributed by atoms with Gasteiger partial charge < -0.3 is 5.73 Å². The van der Waals surface area contributed by atoms with Crippen molar-refractivity contribution in [2.24, 2.45) is 5.73 Å². The maximum absolute atomic E-state index is 6.05. The van der Waals surface area contributed by atoms with E-state index >= 15 is 0 Å². The predicted molar refractivity (Wildman–Crippen MR) is 63.2 cm³/mol. The van der Waals surface area contributed by atoms with Gasteiger partial charge in [-0.05, 0) is 40.9 Å². The standard InChI is InChI=1S/C10H16BrNS/c1-3-4-5-8(12)9-6-7(2)10(11)13-9/h6,8H,3-5,12H2,1-2H3/t8-/m0/s1. The Kier molecular flexibility index (Phi) is 4.42. The first kappa shape index (κ1) is 11.2. The number of hydrogen-bond donors (Lipinski definition) is 1. The Labute approximate surface area is 92.5 Å². The Morgan fingerprint density at radius 1 is 1.62 bits per heavy atom. The minimum Gasteiger partial charge on any atom is -0.323 e. The number of halogens is 1. The van der Waals surface area contributed by atoms with Gasteiger partial charge >= 0.3 is 0 Å². The molecule has 1 aromatic rings. The van der Waals surface area contributed by atoms with Crippen LogP contribution in [-0.2, 0) is 0 Å². The van der Waals surface area contributed by atoms with Gasteiger partial charge in [-0.1, -0.05) is 19.8 Å². The van der Waals surface area contributed by atoms with Crippen molar-refractivity contribution in [3.05, 3.63) is 20.3 Å². The normalized spacial score (nSPS) is 13.2. The van der Waals surface area contributed by atoms with Crippen molar-refractivity contribution in [3.63, 3.8) is 0 Å². The minimum atomic E-state index is 0.231. The highest BCUT2D eigenvalue weighted by atomic mass is 79.9. The monoisotopic (exact) mass is 261 g/mol. The molecule has 0 aromatic carbocycles. The van der Waals surface area contributed by atoms with Crippen molar-refractivity contribution in [1.29, 1.82) is 0 Å². The van der Waals surface area contributed by atoms with E-state index in [1.165, 1.54) is 27.1 Å². The van der Waals surface area contributed by atoms with E-state index < -0.39 is 0 Å². The summed E-state index contributed by atoms with van der Waals surface area (Å²) in [7, 11) is 0. The second-order valence-electron chi connectivity index (χ2n) is 3.35. The van der Waals surface area contributed by atoms with E-state index in [0.717, 1.165) is 6.42 Å². The van der Waals surface area contributed by atoms with Gasteiger partial charge in [0, 0.05) is 10.9 Å². The fourth-order valence-electron chi connectivity index (χ4n) is 1.23. The second kappa shape index (κ2) is 5.13. The molecule has 1 rings (SSSR count). The van der Waals surface area contributed by atoms with E-state index in [0.29, 0.717) is 0 Å². The van der Waals surface area contributed by atoms with Gasteiger partial charge in [-0.25, -0.2) is 0 Å². The molecule has 1 heterocycles. The van der Waals surface area contributed by atoms with E-state index in [1.807, 2.05) is 0 Å². The van der Waals surface area contributed by atoms with Crippen LogP contribution < -0.4 is 5.73 Å². The average molecular weight is 262 g/mol. The molecule has 0 amide bonds. The van der Waals surface area contributed by atoms with Crippen LogP contribution in [0.5, 0.6) is 0 Å². The molecular formula is C10H16BrNS. The zero-order valence-corrected chi connectivity index (χ0v) is 10.5. The molecule has 0 saturated carbocycles. The van der Waals surface area contributed by atoms with Gasteiger partial charge in [0.2, 0.25) is 0 Å². The van der Waals surface area contributed by atoms with Gasteiger partial charge in [0.25, 0.3) is 0 Å². The van der Waals surface area contributed by atoms with E-state index in [-0.39, 0.29) is 6.04 Å². The van der Waals surface area contributed by atoms with Crippen LogP contribution in [0.2, 0.25) is 0 Å². The van der Waals surface area contributed by atoms with Crippen LogP contribution in [-0.4, -0.2) is 0 Å². The molecule has 0 aliphatic rings.